The first kappa shape index (κ1) is 18.9. The summed E-state index contributed by atoms with van der Waals surface area (Å²) < 4.78 is 10.6. The van der Waals surface area contributed by atoms with E-state index in [-0.39, 0.29) is 5.41 Å². The van der Waals surface area contributed by atoms with E-state index in [9.17, 15) is 9.59 Å². The monoisotopic (exact) mass is 386 g/mol. The number of benzene rings is 3. The summed E-state index contributed by atoms with van der Waals surface area (Å²) in [7, 11) is 1.35. The van der Waals surface area contributed by atoms with Crippen molar-refractivity contribution in [3.8, 4) is 11.1 Å². The van der Waals surface area contributed by atoms with Crippen LogP contribution in [-0.2, 0) is 10.2 Å². The largest absolute Gasteiger partial charge is 0.465 e. The van der Waals surface area contributed by atoms with Crippen molar-refractivity contribution >= 4 is 27.7 Å². The van der Waals surface area contributed by atoms with Gasteiger partial charge in [0.25, 0.3) is 0 Å². The molecule has 4 heteroatoms. The van der Waals surface area contributed by atoms with Crippen molar-refractivity contribution in [2.24, 2.45) is 0 Å². The zero-order valence-corrected chi connectivity index (χ0v) is 16.9. The van der Waals surface area contributed by atoms with E-state index in [0.717, 1.165) is 16.5 Å². The molecule has 0 aliphatic rings. The molecule has 4 nitrogen and oxygen atoms in total. The minimum Gasteiger partial charge on any atom is -0.465 e. The second-order valence-electron chi connectivity index (χ2n) is 8.15. The topological polar surface area (TPSA) is 56.5 Å². The van der Waals surface area contributed by atoms with Gasteiger partial charge < -0.3 is 9.15 Å². The summed E-state index contributed by atoms with van der Waals surface area (Å²) in [6.07, 6.45) is 0. The van der Waals surface area contributed by atoms with E-state index in [0.29, 0.717) is 27.5 Å². The van der Waals surface area contributed by atoms with Crippen molar-refractivity contribution in [3.63, 3.8) is 0 Å². The van der Waals surface area contributed by atoms with Crippen LogP contribution >= 0.6 is 0 Å². The highest BCUT2D eigenvalue weighted by Gasteiger charge is 2.20. The standard InChI is InChI=1S/C25H22O4/c1-25(2,3)17-10-11-21-19(14-17)20-13-16(23(26)28-4)12-18(22(20)24(27)29-21)15-8-6-5-7-9-15/h5-14H,1-4H3. The number of fused-ring (bicyclic) bond motifs is 3. The molecule has 0 saturated carbocycles. The quantitative estimate of drug-likeness (QED) is 0.252. The molecule has 1 heterocycles. The second kappa shape index (κ2) is 6.89. The fourth-order valence-corrected chi connectivity index (χ4v) is 3.60. The van der Waals surface area contributed by atoms with Gasteiger partial charge in [-0.05, 0) is 46.4 Å². The minimum atomic E-state index is -0.447. The molecule has 0 fully saturated rings. The summed E-state index contributed by atoms with van der Waals surface area (Å²) in [5.41, 5.74) is 3.00. The Hall–Kier alpha value is -3.40. The predicted octanol–water partition coefficient (Wildman–Crippen LogP) is 5.70. The average Bonchev–Trinajstić information content (AvgIpc) is 2.72. The predicted molar refractivity (Wildman–Crippen MR) is 115 cm³/mol. The summed E-state index contributed by atoms with van der Waals surface area (Å²) in [6, 6.07) is 18.8. The summed E-state index contributed by atoms with van der Waals surface area (Å²) >= 11 is 0. The Morgan fingerprint density at radius 2 is 1.66 bits per heavy atom. The third-order valence-corrected chi connectivity index (χ3v) is 5.19. The normalized spacial score (nSPS) is 11.7. The number of carbonyl (C=O) groups excluding carboxylic acids is 1. The van der Waals surface area contributed by atoms with Gasteiger partial charge in [-0.3, -0.25) is 0 Å². The van der Waals surface area contributed by atoms with Crippen LogP contribution < -0.4 is 5.63 Å². The van der Waals surface area contributed by atoms with Crippen LogP contribution in [0.15, 0.2) is 69.9 Å². The van der Waals surface area contributed by atoms with Crippen LogP contribution in [0.2, 0.25) is 0 Å². The number of carbonyl (C=O) groups is 1. The van der Waals surface area contributed by atoms with E-state index in [1.807, 2.05) is 48.5 Å². The van der Waals surface area contributed by atoms with Crippen LogP contribution in [0.1, 0.15) is 36.7 Å². The Balaban J connectivity index is 2.19. The van der Waals surface area contributed by atoms with Crippen molar-refractivity contribution < 1.29 is 13.9 Å². The molecule has 0 aliphatic carbocycles. The van der Waals surface area contributed by atoms with Crippen LogP contribution in [0.4, 0.5) is 0 Å². The highest BCUT2D eigenvalue weighted by Crippen LogP contribution is 2.34. The Labute approximate surface area is 168 Å². The molecule has 0 bridgehead atoms. The lowest BCUT2D eigenvalue weighted by Crippen LogP contribution is -2.11. The molecule has 0 saturated heterocycles. The first-order valence-corrected chi connectivity index (χ1v) is 9.48. The third kappa shape index (κ3) is 3.31. The first-order valence-electron chi connectivity index (χ1n) is 9.48. The number of hydrogen-bond acceptors (Lipinski definition) is 4. The van der Waals surface area contributed by atoms with Gasteiger partial charge in [-0.2, -0.15) is 0 Å². The fraction of sp³-hybridized carbons (Fsp3) is 0.200. The lowest BCUT2D eigenvalue weighted by atomic mass is 9.85. The molecule has 0 amide bonds. The SMILES string of the molecule is COC(=O)c1cc(-c2ccccc2)c2c(=O)oc3ccc(C(C)(C)C)cc3c2c1. The van der Waals surface area contributed by atoms with Gasteiger partial charge in [0, 0.05) is 10.8 Å². The lowest BCUT2D eigenvalue weighted by molar-refractivity contribution is 0.0601. The van der Waals surface area contributed by atoms with Gasteiger partial charge >= 0.3 is 11.6 Å². The zero-order chi connectivity index (χ0) is 20.8. The maximum Gasteiger partial charge on any atom is 0.344 e. The van der Waals surface area contributed by atoms with Gasteiger partial charge in [-0.1, -0.05) is 57.2 Å². The number of esters is 1. The third-order valence-electron chi connectivity index (χ3n) is 5.19. The number of ether oxygens (including phenoxy) is 1. The zero-order valence-electron chi connectivity index (χ0n) is 16.9. The van der Waals surface area contributed by atoms with E-state index in [2.05, 4.69) is 20.8 Å². The Kier molecular flexibility index (Phi) is 4.50. The molecular weight excluding hydrogens is 364 g/mol. The van der Waals surface area contributed by atoms with Crippen molar-refractivity contribution in [1.29, 1.82) is 0 Å². The van der Waals surface area contributed by atoms with Crippen LogP contribution in [0.5, 0.6) is 0 Å². The summed E-state index contributed by atoms with van der Waals surface area (Å²) in [4.78, 5) is 25.3. The Morgan fingerprint density at radius 1 is 0.931 bits per heavy atom. The molecule has 1 aromatic heterocycles. The molecule has 3 aromatic carbocycles. The molecule has 0 spiro atoms. The average molecular weight is 386 g/mol. The molecule has 0 unspecified atom stereocenters. The molecular formula is C25H22O4. The summed E-state index contributed by atoms with van der Waals surface area (Å²) in [5.74, 6) is -0.447. The van der Waals surface area contributed by atoms with Crippen LogP contribution in [-0.4, -0.2) is 13.1 Å². The van der Waals surface area contributed by atoms with E-state index in [1.54, 1.807) is 12.1 Å². The lowest BCUT2D eigenvalue weighted by Gasteiger charge is -2.19. The maximum absolute atomic E-state index is 12.9. The molecule has 0 radical (unpaired) electrons. The van der Waals surface area contributed by atoms with E-state index >= 15 is 0 Å². The molecule has 29 heavy (non-hydrogen) atoms. The van der Waals surface area contributed by atoms with E-state index in [4.69, 9.17) is 9.15 Å². The van der Waals surface area contributed by atoms with Crippen molar-refractivity contribution in [1.82, 2.24) is 0 Å². The van der Waals surface area contributed by atoms with Crippen molar-refractivity contribution in [2.45, 2.75) is 26.2 Å². The molecule has 146 valence electrons. The van der Waals surface area contributed by atoms with Crippen LogP contribution in [0.25, 0.3) is 32.9 Å². The molecule has 4 rings (SSSR count). The molecule has 4 aromatic rings. The Morgan fingerprint density at radius 3 is 2.31 bits per heavy atom. The van der Waals surface area contributed by atoms with Crippen molar-refractivity contribution in [2.75, 3.05) is 7.11 Å². The van der Waals surface area contributed by atoms with E-state index < -0.39 is 11.6 Å². The molecule has 0 aliphatic heterocycles. The Bertz CT molecular complexity index is 1290. The van der Waals surface area contributed by atoms with Gasteiger partial charge in [0.15, 0.2) is 0 Å². The van der Waals surface area contributed by atoms with Gasteiger partial charge in [0.05, 0.1) is 18.1 Å². The maximum atomic E-state index is 12.9. The number of rotatable bonds is 2. The van der Waals surface area contributed by atoms with Gasteiger partial charge in [0.1, 0.15) is 5.58 Å². The summed E-state index contributed by atoms with van der Waals surface area (Å²) in [6.45, 7) is 6.39. The fourth-order valence-electron chi connectivity index (χ4n) is 3.60. The molecule has 0 N–H and O–H groups in total. The van der Waals surface area contributed by atoms with Crippen LogP contribution in [0.3, 0.4) is 0 Å². The van der Waals surface area contributed by atoms with Crippen LogP contribution in [0, 0.1) is 0 Å². The minimum absolute atomic E-state index is 0.0706. The highest BCUT2D eigenvalue weighted by atomic mass is 16.5. The second-order valence-corrected chi connectivity index (χ2v) is 8.15. The van der Waals surface area contributed by atoms with Gasteiger partial charge in [0.2, 0.25) is 0 Å². The van der Waals surface area contributed by atoms with Gasteiger partial charge in [-0.15, -0.1) is 0 Å². The van der Waals surface area contributed by atoms with Gasteiger partial charge in [-0.25, -0.2) is 9.59 Å². The van der Waals surface area contributed by atoms with E-state index in [1.165, 1.54) is 7.11 Å². The molecule has 0 atom stereocenters. The summed E-state index contributed by atoms with van der Waals surface area (Å²) in [5, 5.41) is 1.95. The highest BCUT2D eigenvalue weighted by molar-refractivity contribution is 6.12. The smallest absolute Gasteiger partial charge is 0.344 e. The first-order chi connectivity index (χ1) is 13.8. The van der Waals surface area contributed by atoms with Crippen molar-refractivity contribution in [3.05, 3.63) is 82.2 Å². The number of hydrogen-bond donors (Lipinski definition) is 0. The number of methoxy groups -OCH3 is 1.